The first-order chi connectivity index (χ1) is 25.3. The van der Waals surface area contributed by atoms with Gasteiger partial charge in [-0.25, -0.2) is 0 Å². The van der Waals surface area contributed by atoms with Crippen molar-refractivity contribution in [2.24, 2.45) is 0 Å². The highest BCUT2D eigenvalue weighted by atomic mass is 16.3. The predicted molar refractivity (Wildman–Crippen MR) is 213 cm³/mol. The molecule has 11 aromatic rings. The van der Waals surface area contributed by atoms with Gasteiger partial charge in [0.05, 0.1) is 22.1 Å². The summed E-state index contributed by atoms with van der Waals surface area (Å²) in [7, 11) is 0. The van der Waals surface area contributed by atoms with Crippen LogP contribution < -0.4 is 0 Å². The van der Waals surface area contributed by atoms with Crippen LogP contribution in [0.3, 0.4) is 0 Å². The molecule has 0 aliphatic heterocycles. The molecule has 0 saturated carbocycles. The van der Waals surface area contributed by atoms with Gasteiger partial charge in [-0.2, -0.15) is 0 Å². The molecule has 0 fully saturated rings. The fourth-order valence-corrected chi connectivity index (χ4v) is 8.22. The molecule has 3 aromatic heterocycles. The number of hydrogen-bond donors (Lipinski definition) is 0. The van der Waals surface area contributed by atoms with Gasteiger partial charge in [-0.05, 0) is 82.9 Å². The van der Waals surface area contributed by atoms with Crippen LogP contribution in [0.5, 0.6) is 0 Å². The van der Waals surface area contributed by atoms with Crippen molar-refractivity contribution in [1.29, 1.82) is 0 Å². The number of fused-ring (bicyclic) bond motifs is 10. The van der Waals surface area contributed by atoms with E-state index in [1.54, 1.807) is 0 Å². The average molecular weight is 651 g/mol. The van der Waals surface area contributed by atoms with Gasteiger partial charge in [-0.1, -0.05) is 121 Å². The smallest absolute Gasteiger partial charge is 0.136 e. The first-order valence-electron chi connectivity index (χ1n) is 17.4. The van der Waals surface area contributed by atoms with Crippen molar-refractivity contribution in [2.75, 3.05) is 0 Å². The largest absolute Gasteiger partial charge is 0.456 e. The van der Waals surface area contributed by atoms with Crippen molar-refractivity contribution >= 4 is 65.6 Å². The lowest BCUT2D eigenvalue weighted by atomic mass is 10.0. The predicted octanol–water partition coefficient (Wildman–Crippen LogP) is 13.1. The van der Waals surface area contributed by atoms with E-state index in [-0.39, 0.29) is 0 Å². The zero-order valence-corrected chi connectivity index (χ0v) is 27.6. The number of rotatable bonds is 4. The van der Waals surface area contributed by atoms with E-state index in [9.17, 15) is 0 Å². The summed E-state index contributed by atoms with van der Waals surface area (Å²) in [5.41, 5.74) is 13.6. The highest BCUT2D eigenvalue weighted by Gasteiger charge is 2.21. The van der Waals surface area contributed by atoms with Crippen LogP contribution >= 0.6 is 0 Å². The van der Waals surface area contributed by atoms with E-state index in [0.29, 0.717) is 0 Å². The summed E-state index contributed by atoms with van der Waals surface area (Å²) in [5, 5.41) is 7.27. The summed E-state index contributed by atoms with van der Waals surface area (Å²) >= 11 is 0. The first-order valence-corrected chi connectivity index (χ1v) is 17.4. The minimum absolute atomic E-state index is 0.906. The Hall–Kier alpha value is -6.84. The standard InChI is InChI=1S/C48H30N2O/c1-2-11-31(12-3-1)32-21-24-35(25-22-32)50-42-18-7-4-15-37(42)40-27-28-44-47(48(40)50)41-17-5-8-19-43(41)49(44)36-14-10-13-33(29-36)34-23-26-39-38-16-6-9-20-45(38)51-46(39)30-34/h1-30H. The third kappa shape index (κ3) is 4.19. The quantitative estimate of drug-likeness (QED) is 0.186. The fourth-order valence-electron chi connectivity index (χ4n) is 8.22. The summed E-state index contributed by atoms with van der Waals surface area (Å²) in [4.78, 5) is 0. The number of aromatic nitrogens is 2. The molecule has 3 heteroatoms. The molecule has 51 heavy (non-hydrogen) atoms. The Balaban J connectivity index is 1.14. The lowest BCUT2D eigenvalue weighted by Gasteiger charge is -2.12. The molecular formula is C48H30N2O. The number of furan rings is 1. The second kappa shape index (κ2) is 10.8. The van der Waals surface area contributed by atoms with Crippen LogP contribution in [0.15, 0.2) is 186 Å². The van der Waals surface area contributed by atoms with Crippen molar-refractivity contribution in [3.05, 3.63) is 182 Å². The topological polar surface area (TPSA) is 23.0 Å². The van der Waals surface area contributed by atoms with Crippen LogP contribution in [-0.2, 0) is 0 Å². The summed E-state index contributed by atoms with van der Waals surface area (Å²) in [6.45, 7) is 0. The SMILES string of the molecule is c1ccc(-c2ccc(-n3c4ccccc4c4ccc5c(c6ccccc6n5-c5cccc(-c6ccc7c(c6)oc6ccccc67)c5)c43)cc2)cc1. The summed E-state index contributed by atoms with van der Waals surface area (Å²) in [6.07, 6.45) is 0. The fraction of sp³-hybridized carbons (Fsp3) is 0. The summed E-state index contributed by atoms with van der Waals surface area (Å²) in [6, 6.07) is 65.5. The van der Waals surface area contributed by atoms with Gasteiger partial charge in [-0.15, -0.1) is 0 Å². The van der Waals surface area contributed by atoms with E-state index < -0.39 is 0 Å². The first kappa shape index (κ1) is 28.0. The van der Waals surface area contributed by atoms with Gasteiger partial charge in [-0.3, -0.25) is 0 Å². The molecule has 0 N–H and O–H groups in total. The van der Waals surface area contributed by atoms with Crippen LogP contribution in [0, 0.1) is 0 Å². The van der Waals surface area contributed by atoms with Crippen LogP contribution in [0.25, 0.3) is 99.2 Å². The Morgan fingerprint density at radius 3 is 1.76 bits per heavy atom. The maximum atomic E-state index is 6.27. The number of nitrogens with zero attached hydrogens (tertiary/aromatic N) is 2. The Morgan fingerprint density at radius 2 is 0.922 bits per heavy atom. The van der Waals surface area contributed by atoms with E-state index in [0.717, 1.165) is 44.4 Å². The Morgan fingerprint density at radius 1 is 0.314 bits per heavy atom. The van der Waals surface area contributed by atoms with Gasteiger partial charge in [0, 0.05) is 43.7 Å². The van der Waals surface area contributed by atoms with E-state index in [1.807, 2.05) is 12.1 Å². The second-order valence-electron chi connectivity index (χ2n) is 13.3. The molecule has 0 radical (unpaired) electrons. The van der Waals surface area contributed by atoms with Crippen LogP contribution in [-0.4, -0.2) is 9.13 Å². The molecule has 0 atom stereocenters. The van der Waals surface area contributed by atoms with Gasteiger partial charge in [0.25, 0.3) is 0 Å². The minimum Gasteiger partial charge on any atom is -0.456 e. The van der Waals surface area contributed by atoms with Crippen molar-refractivity contribution in [1.82, 2.24) is 9.13 Å². The van der Waals surface area contributed by atoms with Gasteiger partial charge in [0.2, 0.25) is 0 Å². The average Bonchev–Trinajstić information content (AvgIpc) is 3.86. The molecule has 0 spiro atoms. The normalized spacial score (nSPS) is 11.9. The highest BCUT2D eigenvalue weighted by molar-refractivity contribution is 6.26. The monoisotopic (exact) mass is 650 g/mol. The van der Waals surface area contributed by atoms with E-state index in [1.165, 1.54) is 54.7 Å². The molecule has 3 heterocycles. The molecule has 238 valence electrons. The molecule has 0 bridgehead atoms. The van der Waals surface area contributed by atoms with E-state index >= 15 is 0 Å². The third-order valence-corrected chi connectivity index (χ3v) is 10.5. The second-order valence-corrected chi connectivity index (χ2v) is 13.3. The van der Waals surface area contributed by atoms with Crippen molar-refractivity contribution in [2.45, 2.75) is 0 Å². The number of para-hydroxylation sites is 3. The van der Waals surface area contributed by atoms with Crippen molar-refractivity contribution in [3.63, 3.8) is 0 Å². The Labute approximate surface area is 293 Å². The molecule has 11 rings (SSSR count). The lowest BCUT2D eigenvalue weighted by Crippen LogP contribution is -1.96. The summed E-state index contributed by atoms with van der Waals surface area (Å²) in [5.74, 6) is 0. The van der Waals surface area contributed by atoms with Crippen LogP contribution in [0.1, 0.15) is 0 Å². The molecule has 0 unspecified atom stereocenters. The molecule has 0 aliphatic rings. The zero-order chi connectivity index (χ0) is 33.5. The third-order valence-electron chi connectivity index (χ3n) is 10.5. The lowest BCUT2D eigenvalue weighted by molar-refractivity contribution is 0.669. The molecular weight excluding hydrogens is 621 g/mol. The molecule has 0 saturated heterocycles. The van der Waals surface area contributed by atoms with Gasteiger partial charge < -0.3 is 13.6 Å². The maximum Gasteiger partial charge on any atom is 0.136 e. The van der Waals surface area contributed by atoms with Crippen molar-refractivity contribution < 1.29 is 4.42 Å². The maximum absolute atomic E-state index is 6.27. The number of hydrogen-bond acceptors (Lipinski definition) is 1. The molecule has 8 aromatic carbocycles. The van der Waals surface area contributed by atoms with Crippen molar-refractivity contribution in [3.8, 4) is 33.6 Å². The Bertz CT molecular complexity index is 3120. The molecule has 0 amide bonds. The Kier molecular flexibility index (Phi) is 5.96. The zero-order valence-electron chi connectivity index (χ0n) is 27.6. The number of benzene rings is 8. The van der Waals surface area contributed by atoms with E-state index in [4.69, 9.17) is 4.42 Å². The van der Waals surface area contributed by atoms with Crippen LogP contribution in [0.4, 0.5) is 0 Å². The summed E-state index contributed by atoms with van der Waals surface area (Å²) < 4.78 is 11.1. The van der Waals surface area contributed by atoms with Gasteiger partial charge >= 0.3 is 0 Å². The van der Waals surface area contributed by atoms with Crippen LogP contribution in [0.2, 0.25) is 0 Å². The van der Waals surface area contributed by atoms with E-state index in [2.05, 4.69) is 179 Å². The minimum atomic E-state index is 0.906. The van der Waals surface area contributed by atoms with Gasteiger partial charge in [0.1, 0.15) is 11.2 Å². The molecule has 0 aliphatic carbocycles. The highest BCUT2D eigenvalue weighted by Crippen LogP contribution is 2.42. The molecule has 3 nitrogen and oxygen atoms in total. The van der Waals surface area contributed by atoms with Gasteiger partial charge in [0.15, 0.2) is 0 Å².